The van der Waals surface area contributed by atoms with E-state index >= 15 is 0 Å². The van der Waals surface area contributed by atoms with Gasteiger partial charge in [0.1, 0.15) is 0 Å². The number of hydrogen-bond donors (Lipinski definition) is 1. The van der Waals surface area contributed by atoms with Crippen molar-refractivity contribution >= 4 is 0 Å². The van der Waals surface area contributed by atoms with E-state index < -0.39 is 0 Å². The molecule has 0 amide bonds. The van der Waals surface area contributed by atoms with E-state index in [2.05, 4.69) is 10.2 Å². The summed E-state index contributed by atoms with van der Waals surface area (Å²) in [5, 5.41) is 3.58. The molecule has 3 fully saturated rings. The van der Waals surface area contributed by atoms with Gasteiger partial charge in [0.2, 0.25) is 0 Å². The standard InChI is InChI=1S/C13H24N2O/c1-16-12-7-11(8-12)15-6-4-13(10-15)3-2-5-14-9-13/h11-12,14H,2-10H2,1H3. The molecule has 3 rings (SSSR count). The van der Waals surface area contributed by atoms with Crippen LogP contribution >= 0.6 is 0 Å². The van der Waals surface area contributed by atoms with Gasteiger partial charge in [0.15, 0.2) is 0 Å². The zero-order valence-electron chi connectivity index (χ0n) is 10.4. The Hall–Kier alpha value is -0.120. The molecule has 0 aromatic heterocycles. The van der Waals surface area contributed by atoms with Crippen molar-refractivity contribution in [2.45, 2.75) is 44.2 Å². The van der Waals surface area contributed by atoms with Crippen LogP contribution in [0.15, 0.2) is 0 Å². The maximum atomic E-state index is 5.37. The maximum absolute atomic E-state index is 5.37. The number of rotatable bonds is 2. The largest absolute Gasteiger partial charge is 0.381 e. The van der Waals surface area contributed by atoms with Crippen molar-refractivity contribution in [3.63, 3.8) is 0 Å². The smallest absolute Gasteiger partial charge is 0.0601 e. The fraction of sp³-hybridized carbons (Fsp3) is 1.00. The second-order valence-electron chi connectivity index (χ2n) is 5.98. The van der Waals surface area contributed by atoms with Crippen LogP contribution in [-0.4, -0.2) is 50.3 Å². The number of ether oxygens (including phenoxy) is 1. The molecule has 1 spiro atoms. The molecule has 0 bridgehead atoms. The lowest BCUT2D eigenvalue weighted by molar-refractivity contribution is -0.0238. The Bertz CT molecular complexity index is 244. The van der Waals surface area contributed by atoms with E-state index in [0.717, 1.165) is 6.04 Å². The van der Waals surface area contributed by atoms with Crippen LogP contribution in [-0.2, 0) is 4.74 Å². The number of nitrogens with one attached hydrogen (secondary N) is 1. The Morgan fingerprint density at radius 2 is 2.19 bits per heavy atom. The van der Waals surface area contributed by atoms with Crippen LogP contribution in [0.4, 0.5) is 0 Å². The van der Waals surface area contributed by atoms with Gasteiger partial charge in [-0.2, -0.15) is 0 Å². The molecule has 3 aliphatic rings. The highest BCUT2D eigenvalue weighted by Crippen LogP contribution is 2.40. The fourth-order valence-corrected chi connectivity index (χ4v) is 3.69. The number of likely N-dealkylation sites (tertiary alicyclic amines) is 1. The van der Waals surface area contributed by atoms with E-state index in [4.69, 9.17) is 4.74 Å². The third-order valence-corrected chi connectivity index (χ3v) is 4.95. The summed E-state index contributed by atoms with van der Waals surface area (Å²) in [4.78, 5) is 2.72. The quantitative estimate of drug-likeness (QED) is 0.764. The van der Waals surface area contributed by atoms with Crippen LogP contribution in [0.3, 0.4) is 0 Å². The molecule has 1 N–H and O–H groups in total. The first kappa shape index (κ1) is 11.0. The molecule has 1 saturated carbocycles. The van der Waals surface area contributed by atoms with Crippen molar-refractivity contribution in [3.05, 3.63) is 0 Å². The average molecular weight is 224 g/mol. The van der Waals surface area contributed by atoms with E-state index in [1.54, 1.807) is 0 Å². The lowest BCUT2D eigenvalue weighted by Gasteiger charge is -2.42. The molecule has 2 saturated heterocycles. The van der Waals surface area contributed by atoms with Gasteiger partial charge in [-0.05, 0) is 50.6 Å². The predicted molar refractivity (Wildman–Crippen MR) is 64.5 cm³/mol. The van der Waals surface area contributed by atoms with Gasteiger partial charge in [0, 0.05) is 26.2 Å². The minimum absolute atomic E-state index is 0.547. The lowest BCUT2D eigenvalue weighted by atomic mass is 9.80. The van der Waals surface area contributed by atoms with Crippen molar-refractivity contribution in [2.75, 3.05) is 33.3 Å². The number of methoxy groups -OCH3 is 1. The Balaban J connectivity index is 1.53. The molecular formula is C13H24N2O. The highest BCUT2D eigenvalue weighted by Gasteiger charge is 2.44. The Morgan fingerprint density at radius 1 is 1.31 bits per heavy atom. The topological polar surface area (TPSA) is 24.5 Å². The van der Waals surface area contributed by atoms with Gasteiger partial charge in [0.05, 0.1) is 6.10 Å². The highest BCUT2D eigenvalue weighted by molar-refractivity contribution is 4.98. The Morgan fingerprint density at radius 3 is 2.88 bits per heavy atom. The normalized spacial score (nSPS) is 44.8. The van der Waals surface area contributed by atoms with Crippen molar-refractivity contribution in [3.8, 4) is 0 Å². The van der Waals surface area contributed by atoms with Crippen LogP contribution in [0, 0.1) is 5.41 Å². The number of nitrogens with zero attached hydrogens (tertiary/aromatic N) is 1. The minimum atomic E-state index is 0.547. The summed E-state index contributed by atoms with van der Waals surface area (Å²) < 4.78 is 5.37. The summed E-state index contributed by atoms with van der Waals surface area (Å²) in [5.74, 6) is 0. The lowest BCUT2D eigenvalue weighted by Crippen LogP contribution is -2.49. The van der Waals surface area contributed by atoms with Crippen LogP contribution in [0.25, 0.3) is 0 Å². The van der Waals surface area contributed by atoms with Crippen molar-refractivity contribution < 1.29 is 4.74 Å². The summed E-state index contributed by atoms with van der Waals surface area (Å²) >= 11 is 0. The van der Waals surface area contributed by atoms with E-state index in [0.29, 0.717) is 11.5 Å². The zero-order chi connectivity index (χ0) is 11.0. The molecule has 1 unspecified atom stereocenters. The molecule has 2 aliphatic heterocycles. The molecule has 0 radical (unpaired) electrons. The summed E-state index contributed by atoms with van der Waals surface area (Å²) in [6.45, 7) is 5.14. The van der Waals surface area contributed by atoms with Gasteiger partial charge < -0.3 is 10.1 Å². The molecule has 0 aromatic rings. The van der Waals surface area contributed by atoms with E-state index in [1.807, 2.05) is 7.11 Å². The van der Waals surface area contributed by atoms with E-state index in [9.17, 15) is 0 Å². The summed E-state index contributed by atoms with van der Waals surface area (Å²) in [7, 11) is 1.84. The first-order chi connectivity index (χ1) is 7.81. The number of piperidine rings is 1. The number of hydrogen-bond acceptors (Lipinski definition) is 3. The van der Waals surface area contributed by atoms with E-state index in [-0.39, 0.29) is 0 Å². The average Bonchev–Trinajstić information content (AvgIpc) is 2.62. The van der Waals surface area contributed by atoms with Crippen molar-refractivity contribution in [1.29, 1.82) is 0 Å². The SMILES string of the molecule is COC1CC(N2CCC3(CCCNC3)C2)C1. The first-order valence-corrected chi connectivity index (χ1v) is 6.79. The molecule has 2 heterocycles. The van der Waals surface area contributed by atoms with Crippen LogP contribution in [0.5, 0.6) is 0 Å². The van der Waals surface area contributed by atoms with Crippen molar-refractivity contribution in [2.24, 2.45) is 5.41 Å². The highest BCUT2D eigenvalue weighted by atomic mass is 16.5. The second-order valence-corrected chi connectivity index (χ2v) is 5.98. The minimum Gasteiger partial charge on any atom is -0.381 e. The van der Waals surface area contributed by atoms with Crippen LogP contribution < -0.4 is 5.32 Å². The molecule has 3 nitrogen and oxygen atoms in total. The third-order valence-electron chi connectivity index (χ3n) is 4.95. The van der Waals surface area contributed by atoms with Crippen LogP contribution in [0.1, 0.15) is 32.1 Å². The molecule has 0 aromatic carbocycles. The van der Waals surface area contributed by atoms with Gasteiger partial charge in [-0.1, -0.05) is 0 Å². The molecular weight excluding hydrogens is 200 g/mol. The molecule has 1 aliphatic carbocycles. The van der Waals surface area contributed by atoms with Gasteiger partial charge in [-0.15, -0.1) is 0 Å². The maximum Gasteiger partial charge on any atom is 0.0601 e. The van der Waals surface area contributed by atoms with Gasteiger partial charge in [-0.25, -0.2) is 0 Å². The zero-order valence-corrected chi connectivity index (χ0v) is 10.4. The van der Waals surface area contributed by atoms with Gasteiger partial charge in [-0.3, -0.25) is 4.90 Å². The third kappa shape index (κ3) is 1.89. The fourth-order valence-electron chi connectivity index (χ4n) is 3.69. The van der Waals surface area contributed by atoms with Crippen LogP contribution in [0.2, 0.25) is 0 Å². The first-order valence-electron chi connectivity index (χ1n) is 6.79. The van der Waals surface area contributed by atoms with Gasteiger partial charge in [0.25, 0.3) is 0 Å². The predicted octanol–water partition coefficient (Wildman–Crippen LogP) is 1.24. The monoisotopic (exact) mass is 224 g/mol. The Kier molecular flexibility index (Phi) is 2.94. The van der Waals surface area contributed by atoms with Gasteiger partial charge >= 0.3 is 0 Å². The van der Waals surface area contributed by atoms with Crippen molar-refractivity contribution in [1.82, 2.24) is 10.2 Å². The molecule has 16 heavy (non-hydrogen) atoms. The molecule has 1 atom stereocenters. The van der Waals surface area contributed by atoms with E-state index in [1.165, 1.54) is 58.3 Å². The molecule has 92 valence electrons. The second kappa shape index (κ2) is 4.28. The Labute approximate surface area is 98.5 Å². The summed E-state index contributed by atoms with van der Waals surface area (Å²) in [6.07, 6.45) is 7.30. The summed E-state index contributed by atoms with van der Waals surface area (Å²) in [6, 6.07) is 0.825. The molecule has 3 heteroatoms. The summed E-state index contributed by atoms with van der Waals surface area (Å²) in [5.41, 5.74) is 0.621.